The Labute approximate surface area is 163 Å². The van der Waals surface area contributed by atoms with Crippen molar-refractivity contribution in [2.24, 2.45) is 0 Å². The van der Waals surface area contributed by atoms with Crippen LogP contribution in [0.1, 0.15) is 48.9 Å². The van der Waals surface area contributed by atoms with Crippen LogP contribution in [0.5, 0.6) is 5.75 Å². The Kier molecular flexibility index (Phi) is 8.64. The van der Waals surface area contributed by atoms with E-state index in [9.17, 15) is 4.79 Å². The van der Waals surface area contributed by atoms with Crippen LogP contribution in [0.25, 0.3) is 0 Å². The molecule has 0 aromatic heterocycles. The number of halogens is 1. The van der Waals surface area contributed by atoms with E-state index in [4.69, 9.17) is 21.7 Å². The molecule has 1 amide bonds. The number of hydrogen-bond donors (Lipinski definition) is 2. The normalized spacial score (nSPS) is 15.3. The van der Waals surface area contributed by atoms with Crippen molar-refractivity contribution in [3.05, 3.63) is 28.2 Å². The van der Waals surface area contributed by atoms with Gasteiger partial charge in [-0.3, -0.25) is 10.1 Å². The summed E-state index contributed by atoms with van der Waals surface area (Å²) in [5.41, 5.74) is 0.440. The van der Waals surface area contributed by atoms with E-state index >= 15 is 0 Å². The average Bonchev–Trinajstić information content (AvgIpc) is 2.84. The molecule has 5 nitrogen and oxygen atoms in total. The van der Waals surface area contributed by atoms with E-state index in [0.717, 1.165) is 17.3 Å². The minimum absolute atomic E-state index is 0.278. The third-order valence-corrected chi connectivity index (χ3v) is 4.86. The fraction of sp³-hybridized carbons (Fsp3) is 0.556. The number of rotatable bonds is 6. The molecule has 25 heavy (non-hydrogen) atoms. The van der Waals surface area contributed by atoms with Gasteiger partial charge in [0.1, 0.15) is 12.4 Å². The van der Waals surface area contributed by atoms with Gasteiger partial charge in [-0.1, -0.05) is 41.6 Å². The number of methoxy groups -OCH3 is 1. The van der Waals surface area contributed by atoms with Crippen molar-refractivity contribution >= 4 is 39.2 Å². The SMILES string of the molecule is COCCOc1ccc(Br)cc1C(=O)NC(=S)NC1CCCCCC1. The van der Waals surface area contributed by atoms with Crippen molar-refractivity contribution in [3.8, 4) is 5.75 Å². The standard InChI is InChI=1S/C18H25BrN2O3S/c1-23-10-11-24-16-9-8-13(19)12-15(16)17(22)21-18(25)20-14-6-4-2-3-5-7-14/h8-9,12,14H,2-7,10-11H2,1H3,(H2,20,21,22,25). The fourth-order valence-corrected chi connectivity index (χ4v) is 3.48. The number of ether oxygens (including phenoxy) is 2. The van der Waals surface area contributed by atoms with Crippen molar-refractivity contribution in [2.75, 3.05) is 20.3 Å². The Morgan fingerprint density at radius 2 is 1.96 bits per heavy atom. The molecule has 0 radical (unpaired) electrons. The number of hydrogen-bond acceptors (Lipinski definition) is 4. The summed E-state index contributed by atoms with van der Waals surface area (Å²) < 4.78 is 11.4. The molecule has 0 atom stereocenters. The maximum absolute atomic E-state index is 12.6. The van der Waals surface area contributed by atoms with Crippen LogP contribution >= 0.6 is 28.1 Å². The fourth-order valence-electron chi connectivity index (χ4n) is 2.86. The molecule has 0 spiro atoms. The molecule has 0 unspecified atom stereocenters. The maximum atomic E-state index is 12.6. The van der Waals surface area contributed by atoms with E-state index in [1.807, 2.05) is 6.07 Å². The summed E-state index contributed by atoms with van der Waals surface area (Å²) in [7, 11) is 1.61. The molecule has 1 aromatic rings. The number of amides is 1. The number of carbonyl (C=O) groups is 1. The van der Waals surface area contributed by atoms with Crippen LogP contribution < -0.4 is 15.4 Å². The molecule has 2 rings (SSSR count). The van der Waals surface area contributed by atoms with Crippen molar-refractivity contribution in [1.82, 2.24) is 10.6 Å². The highest BCUT2D eigenvalue weighted by Gasteiger charge is 2.17. The molecular formula is C18H25BrN2O3S. The highest BCUT2D eigenvalue weighted by Crippen LogP contribution is 2.23. The first-order chi connectivity index (χ1) is 12.1. The summed E-state index contributed by atoms with van der Waals surface area (Å²) in [5, 5.41) is 6.42. The van der Waals surface area contributed by atoms with Gasteiger partial charge in [-0.15, -0.1) is 0 Å². The lowest BCUT2D eigenvalue weighted by molar-refractivity contribution is 0.0968. The highest BCUT2D eigenvalue weighted by atomic mass is 79.9. The number of carbonyl (C=O) groups excluding carboxylic acids is 1. The van der Waals surface area contributed by atoms with Crippen molar-refractivity contribution in [2.45, 2.75) is 44.6 Å². The molecule has 1 aromatic carbocycles. The number of nitrogens with one attached hydrogen (secondary N) is 2. The zero-order valence-corrected chi connectivity index (χ0v) is 16.9. The Bertz CT molecular complexity index is 590. The lowest BCUT2D eigenvalue weighted by Crippen LogP contribution is -2.44. The van der Waals surface area contributed by atoms with Gasteiger partial charge < -0.3 is 14.8 Å². The summed E-state index contributed by atoms with van der Waals surface area (Å²) in [6.07, 6.45) is 7.15. The van der Waals surface area contributed by atoms with Crippen LogP contribution in [0.15, 0.2) is 22.7 Å². The molecule has 0 bridgehead atoms. The quantitative estimate of drug-likeness (QED) is 0.409. The molecule has 138 valence electrons. The highest BCUT2D eigenvalue weighted by molar-refractivity contribution is 9.10. The monoisotopic (exact) mass is 428 g/mol. The van der Waals surface area contributed by atoms with Gasteiger partial charge in [-0.2, -0.15) is 0 Å². The van der Waals surface area contributed by atoms with E-state index in [-0.39, 0.29) is 5.91 Å². The van der Waals surface area contributed by atoms with E-state index in [1.54, 1.807) is 19.2 Å². The van der Waals surface area contributed by atoms with Gasteiger partial charge in [0.15, 0.2) is 5.11 Å². The van der Waals surface area contributed by atoms with Crippen LogP contribution in [0.4, 0.5) is 0 Å². The van der Waals surface area contributed by atoms with Crippen LogP contribution in [0, 0.1) is 0 Å². The van der Waals surface area contributed by atoms with Crippen molar-refractivity contribution < 1.29 is 14.3 Å². The Morgan fingerprint density at radius 1 is 1.24 bits per heavy atom. The van der Waals surface area contributed by atoms with Crippen LogP contribution in [0.3, 0.4) is 0 Å². The van der Waals surface area contributed by atoms with E-state index < -0.39 is 0 Å². The first-order valence-electron chi connectivity index (χ1n) is 8.63. The van der Waals surface area contributed by atoms with Gasteiger partial charge >= 0.3 is 0 Å². The third kappa shape index (κ3) is 6.92. The van der Waals surface area contributed by atoms with E-state index in [1.165, 1.54) is 25.7 Å². The zero-order chi connectivity index (χ0) is 18.1. The van der Waals surface area contributed by atoms with Gasteiger partial charge in [-0.05, 0) is 43.3 Å². The van der Waals surface area contributed by atoms with E-state index in [2.05, 4.69) is 26.6 Å². The van der Waals surface area contributed by atoms with Gasteiger partial charge in [0.25, 0.3) is 5.91 Å². The molecule has 0 saturated heterocycles. The average molecular weight is 429 g/mol. The Balaban J connectivity index is 1.96. The van der Waals surface area contributed by atoms with Crippen LogP contribution in [-0.2, 0) is 4.74 Å². The summed E-state index contributed by atoms with van der Waals surface area (Å²) in [6.45, 7) is 0.835. The smallest absolute Gasteiger partial charge is 0.261 e. The second kappa shape index (κ2) is 10.7. The summed E-state index contributed by atoms with van der Waals surface area (Å²) in [5.74, 6) is 0.231. The largest absolute Gasteiger partial charge is 0.490 e. The van der Waals surface area contributed by atoms with Gasteiger partial charge in [0.2, 0.25) is 0 Å². The van der Waals surface area contributed by atoms with Crippen molar-refractivity contribution in [3.63, 3.8) is 0 Å². The molecular weight excluding hydrogens is 404 g/mol. The maximum Gasteiger partial charge on any atom is 0.261 e. The second-order valence-electron chi connectivity index (χ2n) is 6.10. The molecule has 1 fully saturated rings. The van der Waals surface area contributed by atoms with Gasteiger partial charge in [0.05, 0.1) is 12.2 Å². The van der Waals surface area contributed by atoms with Crippen LogP contribution in [0.2, 0.25) is 0 Å². The zero-order valence-electron chi connectivity index (χ0n) is 14.5. The summed E-state index contributed by atoms with van der Waals surface area (Å²) in [6, 6.07) is 5.67. The predicted molar refractivity (Wildman–Crippen MR) is 106 cm³/mol. The minimum atomic E-state index is -0.278. The predicted octanol–water partition coefficient (Wildman–Crippen LogP) is 3.80. The first kappa shape index (κ1) is 20.1. The molecule has 2 N–H and O–H groups in total. The topological polar surface area (TPSA) is 59.6 Å². The minimum Gasteiger partial charge on any atom is -0.490 e. The van der Waals surface area contributed by atoms with Gasteiger partial charge in [0, 0.05) is 17.6 Å². The number of thiocarbonyl (C=S) groups is 1. The second-order valence-corrected chi connectivity index (χ2v) is 7.42. The molecule has 7 heteroatoms. The first-order valence-corrected chi connectivity index (χ1v) is 9.83. The summed E-state index contributed by atoms with van der Waals surface area (Å²) >= 11 is 8.71. The Morgan fingerprint density at radius 3 is 2.64 bits per heavy atom. The molecule has 1 aliphatic rings. The molecule has 0 aliphatic heterocycles. The third-order valence-electron chi connectivity index (χ3n) is 4.15. The van der Waals surface area contributed by atoms with Crippen LogP contribution in [-0.4, -0.2) is 37.4 Å². The number of benzene rings is 1. The Hall–Kier alpha value is -1.18. The van der Waals surface area contributed by atoms with Crippen molar-refractivity contribution in [1.29, 1.82) is 0 Å². The summed E-state index contributed by atoms with van der Waals surface area (Å²) in [4.78, 5) is 12.6. The molecule has 0 heterocycles. The lowest BCUT2D eigenvalue weighted by atomic mass is 10.1. The van der Waals surface area contributed by atoms with E-state index in [0.29, 0.717) is 35.7 Å². The lowest BCUT2D eigenvalue weighted by Gasteiger charge is -2.19. The molecule has 1 aliphatic carbocycles. The van der Waals surface area contributed by atoms with Gasteiger partial charge in [-0.25, -0.2) is 0 Å². The molecule has 1 saturated carbocycles.